The van der Waals surface area contributed by atoms with Gasteiger partial charge in [-0.25, -0.2) is 4.98 Å². The first kappa shape index (κ1) is 20.0. The SMILES string of the molecule is CCCCCCN1c2ccc(-c3csc(-c4ccncc4)n3)cc2CCCC1O. The van der Waals surface area contributed by atoms with Crippen LogP contribution in [0.25, 0.3) is 21.8 Å². The van der Waals surface area contributed by atoms with Crippen molar-refractivity contribution in [1.29, 1.82) is 0 Å². The predicted molar refractivity (Wildman–Crippen MR) is 121 cm³/mol. The van der Waals surface area contributed by atoms with E-state index in [0.29, 0.717) is 0 Å². The van der Waals surface area contributed by atoms with Crippen LogP contribution in [0.3, 0.4) is 0 Å². The topological polar surface area (TPSA) is 49.2 Å². The maximum Gasteiger partial charge on any atom is 0.126 e. The van der Waals surface area contributed by atoms with Gasteiger partial charge in [-0.15, -0.1) is 11.3 Å². The maximum atomic E-state index is 10.7. The molecule has 4 nitrogen and oxygen atoms in total. The molecule has 1 aliphatic heterocycles. The Morgan fingerprint density at radius 1 is 1.10 bits per heavy atom. The van der Waals surface area contributed by atoms with Crippen molar-refractivity contribution in [2.24, 2.45) is 0 Å². The molecule has 1 N–H and O–H groups in total. The van der Waals surface area contributed by atoms with Crippen molar-refractivity contribution < 1.29 is 5.11 Å². The Morgan fingerprint density at radius 3 is 2.79 bits per heavy atom. The summed E-state index contributed by atoms with van der Waals surface area (Å²) in [6.45, 7) is 3.16. The van der Waals surface area contributed by atoms with Gasteiger partial charge in [-0.2, -0.15) is 0 Å². The highest BCUT2D eigenvalue weighted by Gasteiger charge is 2.22. The average Bonchev–Trinajstić information content (AvgIpc) is 3.19. The lowest BCUT2D eigenvalue weighted by molar-refractivity contribution is 0.158. The summed E-state index contributed by atoms with van der Waals surface area (Å²) in [7, 11) is 0. The normalized spacial score (nSPS) is 16.5. The number of aliphatic hydroxyl groups excluding tert-OH is 1. The second-order valence-electron chi connectivity index (χ2n) is 7.74. The van der Waals surface area contributed by atoms with Crippen molar-refractivity contribution in [3.63, 3.8) is 0 Å². The highest BCUT2D eigenvalue weighted by atomic mass is 32.1. The number of anilines is 1. The monoisotopic (exact) mass is 407 g/mol. The van der Waals surface area contributed by atoms with Crippen molar-refractivity contribution in [2.75, 3.05) is 11.4 Å². The third-order valence-electron chi connectivity index (χ3n) is 5.64. The van der Waals surface area contributed by atoms with E-state index in [0.717, 1.165) is 54.1 Å². The number of hydrogen-bond donors (Lipinski definition) is 1. The Bertz CT molecular complexity index is 925. The van der Waals surface area contributed by atoms with Gasteiger partial charge in [0.15, 0.2) is 0 Å². The zero-order valence-electron chi connectivity index (χ0n) is 17.1. The fraction of sp³-hybridized carbons (Fsp3) is 0.417. The van der Waals surface area contributed by atoms with E-state index in [1.54, 1.807) is 23.7 Å². The molecule has 5 heteroatoms. The first-order valence-electron chi connectivity index (χ1n) is 10.7. The Labute approximate surface area is 177 Å². The third kappa shape index (κ3) is 4.68. The number of unbranched alkanes of at least 4 members (excludes halogenated alkanes) is 3. The van der Waals surface area contributed by atoms with Crippen LogP contribution in [0.5, 0.6) is 0 Å². The van der Waals surface area contributed by atoms with Crippen LogP contribution >= 0.6 is 11.3 Å². The number of pyridine rings is 1. The summed E-state index contributed by atoms with van der Waals surface area (Å²) in [5, 5.41) is 13.8. The third-order valence-corrected chi connectivity index (χ3v) is 6.53. The molecule has 29 heavy (non-hydrogen) atoms. The minimum Gasteiger partial charge on any atom is -0.374 e. The molecule has 0 fully saturated rings. The van der Waals surface area contributed by atoms with Crippen LogP contribution in [0.4, 0.5) is 5.69 Å². The Balaban J connectivity index is 1.57. The minimum atomic E-state index is -0.374. The number of fused-ring (bicyclic) bond motifs is 1. The van der Waals surface area contributed by atoms with E-state index in [-0.39, 0.29) is 6.23 Å². The Morgan fingerprint density at radius 2 is 1.97 bits per heavy atom. The van der Waals surface area contributed by atoms with E-state index in [1.165, 1.54) is 30.5 Å². The quantitative estimate of drug-likeness (QED) is 0.494. The number of hydrogen-bond acceptors (Lipinski definition) is 5. The van der Waals surface area contributed by atoms with E-state index in [4.69, 9.17) is 4.98 Å². The van der Waals surface area contributed by atoms with Gasteiger partial charge in [-0.05, 0) is 55.5 Å². The lowest BCUT2D eigenvalue weighted by Gasteiger charge is -2.30. The van der Waals surface area contributed by atoms with Crippen LogP contribution in [0, 0.1) is 0 Å². The summed E-state index contributed by atoms with van der Waals surface area (Å²) in [6, 6.07) is 10.6. The van der Waals surface area contributed by atoms with Crippen molar-refractivity contribution in [3.8, 4) is 21.8 Å². The lowest BCUT2D eigenvalue weighted by Crippen LogP contribution is -2.35. The van der Waals surface area contributed by atoms with Gasteiger partial charge >= 0.3 is 0 Å². The first-order valence-corrected chi connectivity index (χ1v) is 11.6. The fourth-order valence-corrected chi connectivity index (χ4v) is 4.86. The number of aromatic nitrogens is 2. The number of aliphatic hydroxyl groups is 1. The summed E-state index contributed by atoms with van der Waals surface area (Å²) >= 11 is 1.67. The molecular formula is C24H29N3OS. The number of rotatable bonds is 7. The number of benzene rings is 1. The molecule has 3 heterocycles. The molecule has 0 saturated heterocycles. The highest BCUT2D eigenvalue weighted by Crippen LogP contribution is 2.34. The predicted octanol–water partition coefficient (Wildman–Crippen LogP) is 5.91. The number of thiazole rings is 1. The highest BCUT2D eigenvalue weighted by molar-refractivity contribution is 7.13. The van der Waals surface area contributed by atoms with Gasteiger partial charge in [0, 0.05) is 41.1 Å². The molecule has 1 atom stereocenters. The molecule has 152 valence electrons. The van der Waals surface area contributed by atoms with Gasteiger partial charge in [0.25, 0.3) is 0 Å². The van der Waals surface area contributed by atoms with Gasteiger partial charge in [-0.3, -0.25) is 4.98 Å². The fourth-order valence-electron chi connectivity index (χ4n) is 4.03. The van der Waals surface area contributed by atoms with Crippen LogP contribution in [0.2, 0.25) is 0 Å². The average molecular weight is 408 g/mol. The molecule has 1 aliphatic rings. The first-order chi connectivity index (χ1) is 14.3. The second-order valence-corrected chi connectivity index (χ2v) is 8.60. The van der Waals surface area contributed by atoms with Crippen LogP contribution in [-0.2, 0) is 6.42 Å². The smallest absolute Gasteiger partial charge is 0.126 e. The van der Waals surface area contributed by atoms with E-state index in [9.17, 15) is 5.11 Å². The summed E-state index contributed by atoms with van der Waals surface area (Å²) in [4.78, 5) is 11.2. The van der Waals surface area contributed by atoms with Crippen molar-refractivity contribution >= 4 is 17.0 Å². The summed E-state index contributed by atoms with van der Waals surface area (Å²) < 4.78 is 0. The van der Waals surface area contributed by atoms with Crippen LogP contribution in [0.15, 0.2) is 48.1 Å². The van der Waals surface area contributed by atoms with Crippen molar-refractivity contribution in [2.45, 2.75) is 58.1 Å². The molecule has 0 amide bonds. The molecule has 1 unspecified atom stereocenters. The standard InChI is InChI=1S/C24H29N3OS/c1-2-3-4-5-15-27-22-10-9-19(16-20(22)7-6-8-23(27)28)21-17-29-24(26-21)18-11-13-25-14-12-18/h9-14,16-17,23,28H,2-8,15H2,1H3. The van der Waals surface area contributed by atoms with Gasteiger partial charge in [-0.1, -0.05) is 32.3 Å². The molecule has 0 radical (unpaired) electrons. The van der Waals surface area contributed by atoms with Crippen molar-refractivity contribution in [3.05, 3.63) is 53.7 Å². The molecule has 1 aromatic carbocycles. The van der Waals surface area contributed by atoms with E-state index in [2.05, 4.69) is 40.4 Å². The van der Waals surface area contributed by atoms with Gasteiger partial charge in [0.2, 0.25) is 0 Å². The van der Waals surface area contributed by atoms with E-state index < -0.39 is 0 Å². The molecule has 0 aliphatic carbocycles. The summed E-state index contributed by atoms with van der Waals surface area (Å²) in [6.07, 6.45) is 10.9. The molecular weight excluding hydrogens is 378 g/mol. The molecule has 4 rings (SSSR count). The Hall–Kier alpha value is -2.24. The molecule has 2 aromatic heterocycles. The van der Waals surface area contributed by atoms with Gasteiger partial charge in [0.1, 0.15) is 11.2 Å². The van der Waals surface area contributed by atoms with Crippen LogP contribution in [0.1, 0.15) is 51.0 Å². The minimum absolute atomic E-state index is 0.374. The lowest BCUT2D eigenvalue weighted by atomic mass is 10.0. The zero-order valence-corrected chi connectivity index (χ0v) is 17.9. The number of aryl methyl sites for hydroxylation is 1. The number of nitrogens with zero attached hydrogens (tertiary/aromatic N) is 3. The zero-order chi connectivity index (χ0) is 20.1. The second kappa shape index (κ2) is 9.51. The van der Waals surface area contributed by atoms with Gasteiger partial charge < -0.3 is 10.0 Å². The van der Waals surface area contributed by atoms with E-state index in [1.807, 2.05) is 12.1 Å². The molecule has 0 spiro atoms. The van der Waals surface area contributed by atoms with E-state index >= 15 is 0 Å². The maximum absolute atomic E-state index is 10.7. The largest absolute Gasteiger partial charge is 0.374 e. The molecule has 0 saturated carbocycles. The Kier molecular flexibility index (Phi) is 6.57. The van der Waals surface area contributed by atoms with Gasteiger partial charge in [0.05, 0.1) is 5.69 Å². The summed E-state index contributed by atoms with van der Waals surface area (Å²) in [5.41, 5.74) is 5.80. The molecule has 3 aromatic rings. The van der Waals surface area contributed by atoms with Crippen molar-refractivity contribution in [1.82, 2.24) is 9.97 Å². The summed E-state index contributed by atoms with van der Waals surface area (Å²) in [5.74, 6) is 0. The molecule has 0 bridgehead atoms. The van der Waals surface area contributed by atoms with Crippen LogP contribution in [-0.4, -0.2) is 27.8 Å². The van der Waals surface area contributed by atoms with Crippen LogP contribution < -0.4 is 4.90 Å².